The van der Waals surface area contributed by atoms with Crippen LogP contribution >= 0.6 is 23.2 Å². The average Bonchev–Trinajstić information content (AvgIpc) is 2.33. The first-order chi connectivity index (χ1) is 8.13. The quantitative estimate of drug-likeness (QED) is 0.779. The number of aromatic nitrogens is 3. The van der Waals surface area contributed by atoms with Crippen LogP contribution in [0, 0.1) is 6.92 Å². The molecule has 0 aliphatic rings. The molecule has 0 saturated heterocycles. The minimum Gasteiger partial charge on any atom is -0.251 e. The third-order valence-electron chi connectivity index (χ3n) is 2.49. The lowest BCUT2D eigenvalue weighted by molar-refractivity contribution is 0.971. The summed E-state index contributed by atoms with van der Waals surface area (Å²) in [7, 11) is 0. The van der Waals surface area contributed by atoms with Gasteiger partial charge >= 0.3 is 0 Å². The summed E-state index contributed by atoms with van der Waals surface area (Å²) in [6.07, 6.45) is 2.45. The van der Waals surface area contributed by atoms with Crippen molar-refractivity contribution in [2.75, 3.05) is 0 Å². The van der Waals surface area contributed by atoms with Crippen molar-refractivity contribution in [2.24, 2.45) is 0 Å². The summed E-state index contributed by atoms with van der Waals surface area (Å²) >= 11 is 12.1. The number of hydrogen-bond acceptors (Lipinski definition) is 3. The van der Waals surface area contributed by atoms with E-state index in [0.717, 1.165) is 17.7 Å². The van der Waals surface area contributed by atoms with Crippen LogP contribution in [-0.2, 0) is 6.42 Å². The zero-order valence-electron chi connectivity index (χ0n) is 9.54. The molecular formula is C12H11Cl2N3. The third kappa shape index (κ3) is 2.40. The highest BCUT2D eigenvalue weighted by Gasteiger charge is 2.12. The van der Waals surface area contributed by atoms with Gasteiger partial charge in [0.15, 0.2) is 5.82 Å². The van der Waals surface area contributed by atoms with Gasteiger partial charge in [0.1, 0.15) is 10.8 Å². The fraction of sp³-hybridized carbons (Fsp3) is 0.250. The molecule has 0 aliphatic heterocycles. The van der Waals surface area contributed by atoms with Gasteiger partial charge in [-0.3, -0.25) is 4.98 Å². The highest BCUT2D eigenvalue weighted by molar-refractivity contribution is 6.33. The Labute approximate surface area is 110 Å². The standard InChI is InChI=1S/C12H11Cl2N3/c1-3-9-7(2)11(14)17-12(16-9)10-8(13)5-4-6-15-10/h4-6H,3H2,1-2H3. The van der Waals surface area contributed by atoms with Gasteiger partial charge in [-0.1, -0.05) is 30.1 Å². The SMILES string of the molecule is CCc1nc(-c2ncccc2Cl)nc(Cl)c1C. The summed E-state index contributed by atoms with van der Waals surface area (Å²) in [5.74, 6) is 0.475. The highest BCUT2D eigenvalue weighted by atomic mass is 35.5. The molecule has 0 bridgehead atoms. The Hall–Kier alpha value is -1.19. The molecule has 17 heavy (non-hydrogen) atoms. The van der Waals surface area contributed by atoms with Crippen LogP contribution in [0.25, 0.3) is 11.5 Å². The van der Waals surface area contributed by atoms with E-state index in [1.807, 2.05) is 13.8 Å². The summed E-state index contributed by atoms with van der Waals surface area (Å²) in [4.78, 5) is 12.8. The van der Waals surface area contributed by atoms with Crippen molar-refractivity contribution < 1.29 is 0 Å². The molecule has 2 aromatic rings. The zero-order chi connectivity index (χ0) is 12.4. The van der Waals surface area contributed by atoms with Gasteiger partial charge in [-0.25, -0.2) is 9.97 Å². The van der Waals surface area contributed by atoms with Gasteiger partial charge in [-0.2, -0.15) is 0 Å². The summed E-state index contributed by atoms with van der Waals surface area (Å²) < 4.78 is 0. The van der Waals surface area contributed by atoms with Gasteiger partial charge in [0.2, 0.25) is 0 Å². The average molecular weight is 268 g/mol. The number of halogens is 2. The summed E-state index contributed by atoms with van der Waals surface area (Å²) in [5, 5.41) is 0.975. The van der Waals surface area contributed by atoms with Crippen molar-refractivity contribution in [3.63, 3.8) is 0 Å². The number of aryl methyl sites for hydroxylation is 1. The van der Waals surface area contributed by atoms with Crippen LogP contribution in [-0.4, -0.2) is 15.0 Å². The van der Waals surface area contributed by atoms with Gasteiger partial charge in [-0.05, 0) is 25.5 Å². The van der Waals surface area contributed by atoms with Crippen LogP contribution in [0.15, 0.2) is 18.3 Å². The minimum absolute atomic E-state index is 0.452. The maximum absolute atomic E-state index is 6.08. The van der Waals surface area contributed by atoms with E-state index in [2.05, 4.69) is 15.0 Å². The Morgan fingerprint density at radius 2 is 2.00 bits per heavy atom. The Bertz CT molecular complexity index is 555. The van der Waals surface area contributed by atoms with Crippen molar-refractivity contribution >= 4 is 23.2 Å². The normalized spacial score (nSPS) is 10.6. The fourth-order valence-electron chi connectivity index (χ4n) is 1.53. The van der Waals surface area contributed by atoms with E-state index < -0.39 is 0 Å². The van der Waals surface area contributed by atoms with Gasteiger partial charge in [-0.15, -0.1) is 0 Å². The molecule has 0 atom stereocenters. The first-order valence-electron chi connectivity index (χ1n) is 5.27. The molecule has 0 saturated carbocycles. The minimum atomic E-state index is 0.452. The van der Waals surface area contributed by atoms with E-state index in [-0.39, 0.29) is 0 Å². The molecule has 0 unspecified atom stereocenters. The largest absolute Gasteiger partial charge is 0.251 e. The van der Waals surface area contributed by atoms with E-state index in [1.165, 1.54) is 0 Å². The molecule has 2 heterocycles. The first kappa shape index (κ1) is 12.3. The number of nitrogens with zero attached hydrogens (tertiary/aromatic N) is 3. The Kier molecular flexibility index (Phi) is 3.60. The monoisotopic (exact) mass is 267 g/mol. The van der Waals surface area contributed by atoms with Crippen molar-refractivity contribution in [3.8, 4) is 11.5 Å². The third-order valence-corrected chi connectivity index (χ3v) is 3.17. The first-order valence-corrected chi connectivity index (χ1v) is 6.03. The molecule has 2 rings (SSSR count). The van der Waals surface area contributed by atoms with E-state index in [4.69, 9.17) is 23.2 Å². The summed E-state index contributed by atoms with van der Waals surface area (Å²) in [5.41, 5.74) is 2.39. The van der Waals surface area contributed by atoms with Gasteiger partial charge in [0.05, 0.1) is 5.02 Å². The molecule has 0 N–H and O–H groups in total. The van der Waals surface area contributed by atoms with Crippen LogP contribution in [0.4, 0.5) is 0 Å². The van der Waals surface area contributed by atoms with E-state index in [9.17, 15) is 0 Å². The maximum atomic E-state index is 6.08. The maximum Gasteiger partial charge on any atom is 0.181 e. The molecule has 5 heteroatoms. The second-order valence-electron chi connectivity index (χ2n) is 3.60. The van der Waals surface area contributed by atoms with Crippen molar-refractivity contribution in [1.29, 1.82) is 0 Å². The zero-order valence-corrected chi connectivity index (χ0v) is 11.0. The number of pyridine rings is 1. The molecule has 88 valence electrons. The molecule has 0 amide bonds. The molecule has 0 radical (unpaired) electrons. The molecule has 0 fully saturated rings. The molecule has 0 aromatic carbocycles. The smallest absolute Gasteiger partial charge is 0.181 e. The lowest BCUT2D eigenvalue weighted by Gasteiger charge is -2.07. The highest BCUT2D eigenvalue weighted by Crippen LogP contribution is 2.25. The van der Waals surface area contributed by atoms with E-state index in [0.29, 0.717) is 21.7 Å². The molecule has 0 spiro atoms. The van der Waals surface area contributed by atoms with Gasteiger partial charge in [0.25, 0.3) is 0 Å². The lowest BCUT2D eigenvalue weighted by atomic mass is 10.2. The summed E-state index contributed by atoms with van der Waals surface area (Å²) in [6, 6.07) is 3.52. The van der Waals surface area contributed by atoms with Gasteiger partial charge in [0, 0.05) is 17.5 Å². The second kappa shape index (κ2) is 4.98. The summed E-state index contributed by atoms with van der Waals surface area (Å²) in [6.45, 7) is 3.93. The van der Waals surface area contributed by atoms with Crippen LogP contribution < -0.4 is 0 Å². The van der Waals surface area contributed by atoms with Crippen molar-refractivity contribution in [1.82, 2.24) is 15.0 Å². The number of rotatable bonds is 2. The lowest BCUT2D eigenvalue weighted by Crippen LogP contribution is -2.00. The predicted octanol–water partition coefficient (Wildman–Crippen LogP) is 3.72. The van der Waals surface area contributed by atoms with Crippen molar-refractivity contribution in [2.45, 2.75) is 20.3 Å². The van der Waals surface area contributed by atoms with Crippen LogP contribution in [0.5, 0.6) is 0 Å². The fourth-order valence-corrected chi connectivity index (χ4v) is 1.93. The topological polar surface area (TPSA) is 38.7 Å². The predicted molar refractivity (Wildman–Crippen MR) is 69.4 cm³/mol. The molecule has 0 aliphatic carbocycles. The Balaban J connectivity index is 2.61. The molecule has 3 nitrogen and oxygen atoms in total. The van der Waals surface area contributed by atoms with E-state index in [1.54, 1.807) is 18.3 Å². The van der Waals surface area contributed by atoms with Crippen molar-refractivity contribution in [3.05, 3.63) is 39.8 Å². The molecule has 2 aromatic heterocycles. The van der Waals surface area contributed by atoms with Crippen LogP contribution in [0.3, 0.4) is 0 Å². The van der Waals surface area contributed by atoms with Crippen LogP contribution in [0.1, 0.15) is 18.2 Å². The van der Waals surface area contributed by atoms with Gasteiger partial charge < -0.3 is 0 Å². The molecular weight excluding hydrogens is 257 g/mol. The Morgan fingerprint density at radius 3 is 2.65 bits per heavy atom. The number of hydrogen-bond donors (Lipinski definition) is 0. The van der Waals surface area contributed by atoms with E-state index >= 15 is 0 Å². The van der Waals surface area contributed by atoms with Crippen LogP contribution in [0.2, 0.25) is 10.2 Å². The second-order valence-corrected chi connectivity index (χ2v) is 4.36. The Morgan fingerprint density at radius 1 is 1.24 bits per heavy atom.